The van der Waals surface area contributed by atoms with Crippen LogP contribution in [0.2, 0.25) is 0 Å². The molecule has 25 heavy (non-hydrogen) atoms. The van der Waals surface area contributed by atoms with Crippen LogP contribution in [-0.2, 0) is 6.18 Å². The van der Waals surface area contributed by atoms with Crippen molar-refractivity contribution in [3.05, 3.63) is 58.7 Å². The molecule has 2 aromatic rings. The van der Waals surface area contributed by atoms with Crippen molar-refractivity contribution in [1.29, 1.82) is 0 Å². The molecule has 0 aliphatic rings. The van der Waals surface area contributed by atoms with E-state index in [1.807, 2.05) is 0 Å². The van der Waals surface area contributed by atoms with Crippen LogP contribution in [0.15, 0.2) is 24.3 Å². The third-order valence-electron chi connectivity index (χ3n) is 3.10. The number of hydrogen-bond donors (Lipinski definition) is 1. The largest absolute Gasteiger partial charge is 0.491 e. The van der Waals surface area contributed by atoms with E-state index in [9.17, 15) is 35.5 Å². The molecule has 10 heteroatoms. The molecule has 0 atom stereocenters. The summed E-state index contributed by atoms with van der Waals surface area (Å²) in [6.07, 6.45) is -4.73. The number of carbonyl (C=O) groups is 1. The standard InChI is InChI=1S/C15H8F7NO2/c1-25-13-11(18)9(16)8(10(17)12(13)19)14(24)23-7-4-2-3-6(5-7)15(20,21)22/h2-5H,1H3,(H,23,24). The number of benzene rings is 2. The number of rotatable bonds is 3. The fourth-order valence-corrected chi connectivity index (χ4v) is 1.96. The molecule has 0 aliphatic carbocycles. The Kier molecular flexibility index (Phi) is 4.91. The Balaban J connectivity index is 2.43. The molecule has 1 amide bonds. The van der Waals surface area contributed by atoms with E-state index in [2.05, 4.69) is 4.74 Å². The van der Waals surface area contributed by atoms with Gasteiger partial charge in [-0.1, -0.05) is 6.07 Å². The van der Waals surface area contributed by atoms with Gasteiger partial charge < -0.3 is 10.1 Å². The van der Waals surface area contributed by atoms with Crippen molar-refractivity contribution in [2.75, 3.05) is 12.4 Å². The molecule has 2 rings (SSSR count). The normalized spacial score (nSPS) is 11.4. The van der Waals surface area contributed by atoms with Gasteiger partial charge in [0.05, 0.1) is 12.7 Å². The Morgan fingerprint density at radius 2 is 1.56 bits per heavy atom. The van der Waals surface area contributed by atoms with Crippen LogP contribution in [0.25, 0.3) is 0 Å². The van der Waals surface area contributed by atoms with E-state index in [1.165, 1.54) is 0 Å². The first kappa shape index (κ1) is 18.6. The lowest BCUT2D eigenvalue weighted by Crippen LogP contribution is -2.19. The molecule has 0 heterocycles. The van der Waals surface area contributed by atoms with E-state index >= 15 is 0 Å². The highest BCUT2D eigenvalue weighted by atomic mass is 19.4. The maximum atomic E-state index is 13.8. The molecule has 0 spiro atoms. The van der Waals surface area contributed by atoms with Crippen molar-refractivity contribution < 1.29 is 40.3 Å². The fraction of sp³-hybridized carbons (Fsp3) is 0.133. The lowest BCUT2D eigenvalue weighted by atomic mass is 10.1. The van der Waals surface area contributed by atoms with Gasteiger partial charge in [-0.3, -0.25) is 4.79 Å². The number of alkyl halides is 3. The summed E-state index contributed by atoms with van der Waals surface area (Å²) in [4.78, 5) is 11.9. The SMILES string of the molecule is COc1c(F)c(F)c(C(=O)Nc2cccc(C(F)(F)F)c2)c(F)c1F. The quantitative estimate of drug-likeness (QED) is 0.640. The van der Waals surface area contributed by atoms with E-state index in [4.69, 9.17) is 0 Å². The number of methoxy groups -OCH3 is 1. The molecular formula is C15H8F7NO2. The molecule has 0 radical (unpaired) electrons. The number of hydrogen-bond acceptors (Lipinski definition) is 2. The van der Waals surface area contributed by atoms with Crippen LogP contribution in [0.5, 0.6) is 5.75 Å². The molecule has 3 nitrogen and oxygen atoms in total. The van der Waals surface area contributed by atoms with Gasteiger partial charge in [-0.2, -0.15) is 22.0 Å². The van der Waals surface area contributed by atoms with Gasteiger partial charge in [-0.25, -0.2) is 8.78 Å². The van der Waals surface area contributed by atoms with Crippen LogP contribution in [0.3, 0.4) is 0 Å². The highest BCUT2D eigenvalue weighted by molar-refractivity contribution is 6.04. The van der Waals surface area contributed by atoms with Crippen molar-refractivity contribution in [2.24, 2.45) is 0 Å². The first-order valence-electron chi connectivity index (χ1n) is 6.46. The lowest BCUT2D eigenvalue weighted by Gasteiger charge is -2.12. The molecule has 0 aromatic heterocycles. The maximum absolute atomic E-state index is 13.8. The van der Waals surface area contributed by atoms with Crippen LogP contribution in [0.1, 0.15) is 15.9 Å². The molecule has 0 bridgehead atoms. The summed E-state index contributed by atoms with van der Waals surface area (Å²) in [7, 11) is 0.753. The summed E-state index contributed by atoms with van der Waals surface area (Å²) in [6.45, 7) is 0. The minimum atomic E-state index is -4.73. The monoisotopic (exact) mass is 367 g/mol. The van der Waals surface area contributed by atoms with E-state index < -0.39 is 57.9 Å². The predicted octanol–water partition coefficient (Wildman–Crippen LogP) is 4.52. The van der Waals surface area contributed by atoms with Crippen molar-refractivity contribution in [1.82, 2.24) is 0 Å². The van der Waals surface area contributed by atoms with E-state index in [0.717, 1.165) is 19.2 Å². The Morgan fingerprint density at radius 3 is 2.04 bits per heavy atom. The molecule has 2 aromatic carbocycles. The van der Waals surface area contributed by atoms with Gasteiger partial charge >= 0.3 is 6.18 Å². The second-order valence-corrected chi connectivity index (χ2v) is 4.70. The molecule has 134 valence electrons. The molecular weight excluding hydrogens is 359 g/mol. The van der Waals surface area contributed by atoms with Gasteiger partial charge in [0, 0.05) is 5.69 Å². The van der Waals surface area contributed by atoms with Crippen LogP contribution in [-0.4, -0.2) is 13.0 Å². The Labute approximate surface area is 136 Å². The molecule has 1 N–H and O–H groups in total. The summed E-state index contributed by atoms with van der Waals surface area (Å²) < 4.78 is 96.7. The zero-order chi connectivity index (χ0) is 18.9. The number of carbonyl (C=O) groups excluding carboxylic acids is 1. The summed E-state index contributed by atoms with van der Waals surface area (Å²) in [5, 5.41) is 1.75. The van der Waals surface area contributed by atoms with Crippen molar-refractivity contribution in [3.8, 4) is 5.75 Å². The van der Waals surface area contributed by atoms with Gasteiger partial charge in [0.15, 0.2) is 17.4 Å². The highest BCUT2D eigenvalue weighted by Gasteiger charge is 2.32. The zero-order valence-electron chi connectivity index (χ0n) is 12.3. The number of ether oxygens (including phenoxy) is 1. The van der Waals surface area contributed by atoms with Gasteiger partial charge in [-0.05, 0) is 18.2 Å². The predicted molar refractivity (Wildman–Crippen MR) is 72.2 cm³/mol. The van der Waals surface area contributed by atoms with Gasteiger partial charge in [0.2, 0.25) is 11.6 Å². The van der Waals surface area contributed by atoms with Crippen LogP contribution in [0, 0.1) is 23.3 Å². The first-order chi connectivity index (χ1) is 11.6. The highest BCUT2D eigenvalue weighted by Crippen LogP contribution is 2.32. The third kappa shape index (κ3) is 3.52. The average molecular weight is 367 g/mol. The van der Waals surface area contributed by atoms with E-state index in [1.54, 1.807) is 5.32 Å². The minimum Gasteiger partial charge on any atom is -0.491 e. The Hall–Kier alpha value is -2.78. The molecule has 0 aliphatic heterocycles. The average Bonchev–Trinajstić information content (AvgIpc) is 2.53. The zero-order valence-corrected chi connectivity index (χ0v) is 12.3. The summed E-state index contributed by atoms with van der Waals surface area (Å²) in [6, 6.07) is 3.12. The maximum Gasteiger partial charge on any atom is 0.416 e. The lowest BCUT2D eigenvalue weighted by molar-refractivity contribution is -0.137. The third-order valence-corrected chi connectivity index (χ3v) is 3.10. The number of halogens is 7. The molecule has 0 saturated heterocycles. The summed E-state index contributed by atoms with van der Waals surface area (Å²) >= 11 is 0. The number of nitrogens with one attached hydrogen (secondary N) is 1. The second-order valence-electron chi connectivity index (χ2n) is 4.70. The van der Waals surface area contributed by atoms with Gasteiger partial charge in [0.1, 0.15) is 5.56 Å². The van der Waals surface area contributed by atoms with Crippen LogP contribution < -0.4 is 10.1 Å². The van der Waals surface area contributed by atoms with E-state index in [-0.39, 0.29) is 0 Å². The van der Waals surface area contributed by atoms with Crippen LogP contribution in [0.4, 0.5) is 36.4 Å². The fourth-order valence-electron chi connectivity index (χ4n) is 1.96. The minimum absolute atomic E-state index is 0.477. The summed E-state index contributed by atoms with van der Waals surface area (Å²) in [5.41, 5.74) is -3.25. The number of anilines is 1. The van der Waals surface area contributed by atoms with Crippen LogP contribution >= 0.6 is 0 Å². The first-order valence-corrected chi connectivity index (χ1v) is 6.46. The Bertz CT molecular complexity index is 804. The Morgan fingerprint density at radius 1 is 1.00 bits per heavy atom. The smallest absolute Gasteiger partial charge is 0.416 e. The second kappa shape index (κ2) is 6.61. The molecule has 0 unspecified atom stereocenters. The van der Waals surface area contributed by atoms with Gasteiger partial charge in [0.25, 0.3) is 5.91 Å². The molecule has 0 saturated carbocycles. The van der Waals surface area contributed by atoms with Crippen molar-refractivity contribution >= 4 is 11.6 Å². The van der Waals surface area contributed by atoms with E-state index in [0.29, 0.717) is 12.1 Å². The summed E-state index contributed by atoms with van der Waals surface area (Å²) in [5.74, 6) is -11.0. The van der Waals surface area contributed by atoms with Crippen molar-refractivity contribution in [3.63, 3.8) is 0 Å². The molecule has 0 fully saturated rings. The van der Waals surface area contributed by atoms with Gasteiger partial charge in [-0.15, -0.1) is 0 Å². The van der Waals surface area contributed by atoms with Crippen molar-refractivity contribution in [2.45, 2.75) is 6.18 Å². The number of amides is 1. The topological polar surface area (TPSA) is 38.3 Å².